The minimum atomic E-state index is -0.449. The van der Waals surface area contributed by atoms with Gasteiger partial charge in [-0.3, -0.25) is 33.6 Å². The first-order valence-electron chi connectivity index (χ1n) is 35.7. The van der Waals surface area contributed by atoms with Crippen molar-refractivity contribution in [2.75, 3.05) is 106 Å². The molecule has 103 heavy (non-hydrogen) atoms. The monoisotopic (exact) mass is 1410 g/mol. The van der Waals surface area contributed by atoms with E-state index in [1.165, 1.54) is 12.8 Å². The van der Waals surface area contributed by atoms with Crippen LogP contribution in [0.5, 0.6) is 69.0 Å². The molecule has 4 fully saturated rings. The summed E-state index contributed by atoms with van der Waals surface area (Å²) in [6, 6.07) is 32.0. The molecule has 6 aromatic carbocycles. The van der Waals surface area contributed by atoms with Crippen molar-refractivity contribution in [1.29, 1.82) is 0 Å². The number of carbonyl (C=O) groups excluding carboxylic acids is 7. The van der Waals surface area contributed by atoms with Crippen LogP contribution >= 0.6 is 0 Å². The molecular weight excluding hydrogens is 1320 g/mol. The van der Waals surface area contributed by atoms with E-state index in [-0.39, 0.29) is 74.6 Å². The van der Waals surface area contributed by atoms with E-state index in [4.69, 9.17) is 56.8 Å². The molecule has 3 saturated heterocycles. The summed E-state index contributed by atoms with van der Waals surface area (Å²) in [7, 11) is 0. The number of nitrogens with zero attached hydrogens (tertiary/aromatic N) is 5. The Bertz CT molecular complexity index is 4160. The van der Waals surface area contributed by atoms with Gasteiger partial charge in [-0.05, 0) is 186 Å². The Morgan fingerprint density at radius 1 is 0.320 bits per heavy atom. The van der Waals surface area contributed by atoms with Crippen LogP contribution in [-0.4, -0.2) is 178 Å². The number of hydrogen-bond donors (Lipinski definition) is 0. The molecule has 18 rings (SSSR count). The smallest absolute Gasteiger partial charge is 0.254 e. The predicted molar refractivity (Wildman–Crippen MR) is 375 cm³/mol. The number of ketones is 2. The third-order valence-electron chi connectivity index (χ3n) is 19.1. The van der Waals surface area contributed by atoms with Crippen molar-refractivity contribution in [3.63, 3.8) is 0 Å². The number of piperidine rings is 2. The van der Waals surface area contributed by atoms with Crippen molar-refractivity contribution in [3.8, 4) is 69.0 Å². The lowest BCUT2D eigenvalue weighted by Gasteiger charge is -2.26. The summed E-state index contributed by atoms with van der Waals surface area (Å²) in [5.74, 6) is 8.08. The Hall–Kier alpha value is -10.9. The second-order valence-electron chi connectivity index (χ2n) is 26.1. The van der Waals surface area contributed by atoms with Crippen molar-refractivity contribution in [2.45, 2.75) is 96.7 Å². The van der Waals surface area contributed by atoms with Gasteiger partial charge in [0.05, 0.1) is 5.92 Å². The minimum absolute atomic E-state index is 0.0488. The van der Waals surface area contributed by atoms with Gasteiger partial charge in [-0.15, -0.1) is 0 Å². The van der Waals surface area contributed by atoms with Crippen LogP contribution in [0, 0.1) is 5.92 Å². The SMILES string of the molecule is CC1Oc2ccc(C(=O)N3CCCCC3)cc2O1.O=C(c1ccc2c(c1)OCCO2)N1CC=CCC1.O=C(c1ccc2c(c1)OCO2)N1CC=CCC1.O=C(c1ccc2c(c1)OCO2)N1CCCC1.O=C(c1ccc2c(c1)OCO2)N1CCCCC1.O=C1CCCC1C(=O)c1ccc2c(c1)OCO2. The Morgan fingerprint density at radius 3 is 1.01 bits per heavy atom. The molecule has 24 nitrogen and oxygen atoms in total. The number of benzene rings is 6. The van der Waals surface area contributed by atoms with Gasteiger partial charge in [-0.2, -0.15) is 0 Å². The molecule has 2 unspecified atom stereocenters. The third-order valence-corrected chi connectivity index (χ3v) is 19.1. The Kier molecular flexibility index (Phi) is 23.1. The summed E-state index contributed by atoms with van der Waals surface area (Å²) in [6.07, 6.45) is 21.0. The molecule has 0 N–H and O–H groups in total. The molecule has 11 aliphatic heterocycles. The lowest BCUT2D eigenvalue weighted by molar-refractivity contribution is -0.119. The maximum Gasteiger partial charge on any atom is 0.254 e. The fourth-order valence-corrected chi connectivity index (χ4v) is 13.5. The average Bonchev–Trinajstić information content (AvgIpc) is 1.82. The van der Waals surface area contributed by atoms with Crippen molar-refractivity contribution in [2.24, 2.45) is 5.92 Å². The Morgan fingerprint density at radius 2 is 0.631 bits per heavy atom. The van der Waals surface area contributed by atoms with Gasteiger partial charge >= 0.3 is 0 Å². The minimum Gasteiger partial charge on any atom is -0.486 e. The van der Waals surface area contributed by atoms with E-state index in [9.17, 15) is 33.6 Å². The summed E-state index contributed by atoms with van der Waals surface area (Å²) in [6.45, 7) is 12.0. The van der Waals surface area contributed by atoms with Gasteiger partial charge in [0.25, 0.3) is 29.5 Å². The number of likely N-dealkylation sites (tertiary alicyclic amines) is 3. The zero-order valence-electron chi connectivity index (χ0n) is 57.9. The van der Waals surface area contributed by atoms with Gasteiger partial charge in [0.2, 0.25) is 33.5 Å². The van der Waals surface area contributed by atoms with Gasteiger partial charge in [-0.1, -0.05) is 24.3 Å². The molecule has 1 saturated carbocycles. The van der Waals surface area contributed by atoms with E-state index in [1.54, 1.807) is 84.9 Å². The van der Waals surface area contributed by atoms with E-state index < -0.39 is 5.92 Å². The van der Waals surface area contributed by atoms with Crippen LogP contribution in [0.4, 0.5) is 0 Å². The molecule has 11 heterocycles. The third kappa shape index (κ3) is 17.5. The number of ether oxygens (including phenoxy) is 12. The number of fused-ring (bicyclic) bond motifs is 6. The first-order valence-corrected chi connectivity index (χ1v) is 35.7. The number of carbonyl (C=O) groups is 7. The molecule has 12 aliphatic rings. The lowest BCUT2D eigenvalue weighted by Crippen LogP contribution is -2.35. The molecule has 5 amide bonds. The molecular formula is C79H85N5O19. The molecule has 6 aromatic rings. The Labute approximate surface area is 597 Å². The normalized spacial score (nSPS) is 19.2. The highest BCUT2D eigenvalue weighted by atomic mass is 16.7. The largest absolute Gasteiger partial charge is 0.486 e. The summed E-state index contributed by atoms with van der Waals surface area (Å²) < 4.78 is 63.7. The average molecular weight is 1410 g/mol. The standard InChI is InChI=1S/C14H17NO3.C14H15NO3.C13H15NO3.C13H13NO3.C13H12O4.C12H13NO3/c1-10-17-12-6-5-11(9-13(12)18-10)14(16)15-7-3-2-4-8-15;16-14(15-6-2-1-3-7-15)11-4-5-12-13(10-11)18-9-8-17-12;2*15-13(14-6-2-1-3-7-14)10-4-5-11-12(8-10)17-9-16-11;14-10-3-1-2-9(10)13(15)8-4-5-11-12(6-8)17-7-16-11;14-12(13-5-1-2-6-13)9-3-4-10-11(7-9)16-8-15-10/h5-6,9-10H,2-4,7-8H2,1H3;1-2,4-5,10H,3,6-9H2;4-5,8H,1-3,6-7,9H2;1-2,4-5,8H,3,6-7,9H2;4-6,9H,1-3,7H2;3-4,7H,1-2,5-6,8H2. The van der Waals surface area contributed by atoms with Crippen molar-refractivity contribution in [3.05, 3.63) is 167 Å². The van der Waals surface area contributed by atoms with E-state index in [1.807, 2.05) is 67.8 Å². The first-order chi connectivity index (χ1) is 50.4. The van der Waals surface area contributed by atoms with Crippen molar-refractivity contribution >= 4 is 41.1 Å². The Balaban J connectivity index is 0.000000110. The van der Waals surface area contributed by atoms with E-state index in [0.29, 0.717) is 119 Å². The fraction of sp³-hybridized carbons (Fsp3) is 0.405. The van der Waals surface area contributed by atoms with Crippen LogP contribution in [0.25, 0.3) is 0 Å². The van der Waals surface area contributed by atoms with Crippen LogP contribution in [-0.2, 0) is 4.79 Å². The molecule has 0 bridgehead atoms. The van der Waals surface area contributed by atoms with Crippen LogP contribution in [0.15, 0.2) is 133 Å². The number of rotatable bonds is 7. The van der Waals surface area contributed by atoms with E-state index in [2.05, 4.69) is 12.2 Å². The zero-order chi connectivity index (χ0) is 71.0. The second kappa shape index (κ2) is 33.7. The molecule has 0 aromatic heterocycles. The predicted octanol–water partition coefficient (Wildman–Crippen LogP) is 11.8. The van der Waals surface area contributed by atoms with Crippen molar-refractivity contribution in [1.82, 2.24) is 24.5 Å². The van der Waals surface area contributed by atoms with Gasteiger partial charge in [0.1, 0.15) is 19.0 Å². The highest BCUT2D eigenvalue weighted by Gasteiger charge is 2.33. The van der Waals surface area contributed by atoms with E-state index >= 15 is 0 Å². The highest BCUT2D eigenvalue weighted by molar-refractivity contribution is 6.12. The molecule has 0 spiro atoms. The number of amides is 5. The molecule has 540 valence electrons. The van der Waals surface area contributed by atoms with Gasteiger partial charge < -0.3 is 81.3 Å². The zero-order valence-corrected chi connectivity index (χ0v) is 57.9. The number of hydrogen-bond acceptors (Lipinski definition) is 19. The molecule has 2 atom stereocenters. The van der Waals surface area contributed by atoms with E-state index in [0.717, 1.165) is 133 Å². The summed E-state index contributed by atoms with van der Waals surface area (Å²) in [4.78, 5) is 94.2. The van der Waals surface area contributed by atoms with Gasteiger partial charge in [0.15, 0.2) is 74.8 Å². The first kappa shape index (κ1) is 70.5. The fourth-order valence-electron chi connectivity index (χ4n) is 13.5. The quantitative estimate of drug-likeness (QED) is 0.0818. The summed E-state index contributed by atoms with van der Waals surface area (Å²) in [5.41, 5.74) is 3.92. The molecule has 24 heteroatoms. The summed E-state index contributed by atoms with van der Waals surface area (Å²) in [5, 5.41) is 0. The molecule has 0 radical (unpaired) electrons. The van der Waals surface area contributed by atoms with Crippen molar-refractivity contribution < 1.29 is 90.4 Å². The van der Waals surface area contributed by atoms with Gasteiger partial charge in [-0.25, -0.2) is 0 Å². The van der Waals surface area contributed by atoms with Crippen LogP contribution in [0.2, 0.25) is 0 Å². The van der Waals surface area contributed by atoms with Crippen LogP contribution in [0.3, 0.4) is 0 Å². The molecule has 1 aliphatic carbocycles. The second-order valence-corrected chi connectivity index (χ2v) is 26.1. The number of Topliss-reactive ketones (excluding diaryl/α,β-unsaturated/α-hetero) is 2. The van der Waals surface area contributed by atoms with Gasteiger partial charge in [0, 0.05) is 112 Å². The van der Waals surface area contributed by atoms with Crippen LogP contribution < -0.4 is 56.8 Å². The lowest BCUT2D eigenvalue weighted by atomic mass is 9.95. The van der Waals surface area contributed by atoms with Crippen LogP contribution in [0.1, 0.15) is 153 Å². The highest BCUT2D eigenvalue weighted by Crippen LogP contribution is 2.39. The summed E-state index contributed by atoms with van der Waals surface area (Å²) >= 11 is 0. The topological polar surface area (TPSA) is 246 Å². The maximum absolute atomic E-state index is 12.3. The maximum atomic E-state index is 12.3.